The molecule has 0 saturated carbocycles. The maximum atomic E-state index is 14.8. The number of carbonyl (C=O) groups is 3. The smallest absolute Gasteiger partial charge is 0.253 e. The van der Waals surface area contributed by atoms with Crippen molar-refractivity contribution in [2.75, 3.05) is 31.7 Å². The molecule has 9 heteroatoms. The van der Waals surface area contributed by atoms with Crippen molar-refractivity contribution in [3.05, 3.63) is 84.5 Å². The summed E-state index contributed by atoms with van der Waals surface area (Å²) in [5.74, 6) is -2.06. The lowest BCUT2D eigenvalue weighted by atomic mass is 9.74. The molecule has 1 N–H and O–H groups in total. The molecular weight excluding hydrogens is 558 g/mol. The minimum Gasteiger partial charge on any atom is -0.497 e. The van der Waals surface area contributed by atoms with E-state index in [0.29, 0.717) is 30.9 Å². The van der Waals surface area contributed by atoms with Gasteiger partial charge in [0.05, 0.1) is 37.2 Å². The molecule has 3 amide bonds. The molecule has 0 aliphatic carbocycles. The Morgan fingerprint density at radius 2 is 1.66 bits per heavy atom. The van der Waals surface area contributed by atoms with Crippen molar-refractivity contribution >= 4 is 23.4 Å². The number of hydrogen-bond acceptors (Lipinski definition) is 6. The molecule has 2 saturated heterocycles. The maximum Gasteiger partial charge on any atom is 0.253 e. The van der Waals surface area contributed by atoms with E-state index in [1.807, 2.05) is 87.5 Å². The fraction of sp³-hybridized carbons (Fsp3) is 0.457. The first-order chi connectivity index (χ1) is 21.2. The van der Waals surface area contributed by atoms with Crippen LogP contribution in [0.5, 0.6) is 5.75 Å². The molecule has 9 nitrogen and oxygen atoms in total. The first-order valence-corrected chi connectivity index (χ1v) is 15.5. The predicted octanol–water partition coefficient (Wildman–Crippen LogP) is 3.57. The Bertz CT molecular complexity index is 1480. The second-order valence-electron chi connectivity index (χ2n) is 12.5. The summed E-state index contributed by atoms with van der Waals surface area (Å²) in [6.45, 7) is 6.55. The number of methoxy groups -OCH3 is 1. The summed E-state index contributed by atoms with van der Waals surface area (Å²) in [4.78, 5) is 49.0. The summed E-state index contributed by atoms with van der Waals surface area (Å²) in [5.41, 5.74) is -0.870. The zero-order valence-corrected chi connectivity index (χ0v) is 25.8. The SMILES string of the molecule is CC[C@H](C)[C@H](CO)N1C(=O)[C@@H]2[C@H]3C(=O)N(Cc4ccccc4)CC=C[C@@]3(C)O[C@@]23C=CCN(c2ccc(OC)cc2)C(=O)C13. The zero-order chi connectivity index (χ0) is 31.2. The predicted molar refractivity (Wildman–Crippen MR) is 166 cm³/mol. The van der Waals surface area contributed by atoms with Crippen LogP contribution in [0.4, 0.5) is 5.69 Å². The number of carbonyl (C=O) groups excluding carboxylic acids is 3. The van der Waals surface area contributed by atoms with Gasteiger partial charge in [0.2, 0.25) is 11.8 Å². The number of anilines is 1. The molecule has 232 valence electrons. The maximum absolute atomic E-state index is 14.8. The van der Waals surface area contributed by atoms with Crippen LogP contribution in [-0.4, -0.2) is 82.7 Å². The molecule has 6 rings (SSSR count). The van der Waals surface area contributed by atoms with Gasteiger partial charge in [0, 0.05) is 25.3 Å². The molecule has 44 heavy (non-hydrogen) atoms. The highest BCUT2D eigenvalue weighted by Crippen LogP contribution is 2.58. The van der Waals surface area contributed by atoms with E-state index < -0.39 is 35.1 Å². The summed E-state index contributed by atoms with van der Waals surface area (Å²) in [5, 5.41) is 10.7. The summed E-state index contributed by atoms with van der Waals surface area (Å²) in [6, 6.07) is 15.3. The van der Waals surface area contributed by atoms with Crippen molar-refractivity contribution in [2.24, 2.45) is 17.8 Å². The molecule has 1 unspecified atom stereocenters. The average Bonchev–Trinajstić information content (AvgIpc) is 3.31. The van der Waals surface area contributed by atoms with Gasteiger partial charge in [0.25, 0.3) is 5.91 Å². The standard InChI is InChI=1S/C35H41N3O6/c1-5-23(2)27(22-39)38-30-33(42)37(25-13-15-26(43-4)16-14-25)20-10-18-35(30)29(32(38)41)28-31(40)36(19-9-17-34(28,3)44-35)21-24-11-7-6-8-12-24/h6-18,23,27-30,39H,5,19-22H2,1-4H3/t23-,27-,28-,29-,30?,34+,35-/m0/s1. The topological polar surface area (TPSA) is 99.6 Å². The molecule has 1 spiro atoms. The Labute approximate surface area is 258 Å². The molecule has 2 aromatic rings. The van der Waals surface area contributed by atoms with Gasteiger partial charge >= 0.3 is 0 Å². The van der Waals surface area contributed by atoms with Crippen LogP contribution in [0.25, 0.3) is 0 Å². The van der Waals surface area contributed by atoms with Gasteiger partial charge in [-0.05, 0) is 42.7 Å². The van der Waals surface area contributed by atoms with Crippen molar-refractivity contribution < 1.29 is 29.0 Å². The van der Waals surface area contributed by atoms with E-state index in [1.54, 1.807) is 33.9 Å². The lowest BCUT2D eigenvalue weighted by Gasteiger charge is -2.41. The number of aliphatic hydroxyl groups excluding tert-OH is 1. The monoisotopic (exact) mass is 599 g/mol. The number of benzene rings is 2. The number of likely N-dealkylation sites (tertiary alicyclic amines) is 1. The fourth-order valence-electron chi connectivity index (χ4n) is 7.62. The Balaban J connectivity index is 1.46. The van der Waals surface area contributed by atoms with Crippen molar-refractivity contribution in [1.82, 2.24) is 9.80 Å². The third-order valence-corrected chi connectivity index (χ3v) is 10.0. The largest absolute Gasteiger partial charge is 0.497 e. The third-order valence-electron chi connectivity index (χ3n) is 10.0. The van der Waals surface area contributed by atoms with Crippen LogP contribution in [0, 0.1) is 17.8 Å². The number of amides is 3. The highest BCUT2D eigenvalue weighted by atomic mass is 16.5. The molecular formula is C35H41N3O6. The summed E-state index contributed by atoms with van der Waals surface area (Å²) >= 11 is 0. The van der Waals surface area contributed by atoms with Crippen molar-refractivity contribution in [1.29, 1.82) is 0 Å². The van der Waals surface area contributed by atoms with E-state index in [1.165, 1.54) is 0 Å². The van der Waals surface area contributed by atoms with Crippen LogP contribution in [0.15, 0.2) is 78.9 Å². The Morgan fingerprint density at radius 1 is 0.955 bits per heavy atom. The van der Waals surface area contributed by atoms with Crippen LogP contribution in [-0.2, 0) is 25.7 Å². The quantitative estimate of drug-likeness (QED) is 0.466. The molecule has 4 aliphatic heterocycles. The Morgan fingerprint density at radius 3 is 2.32 bits per heavy atom. The fourth-order valence-corrected chi connectivity index (χ4v) is 7.62. The second-order valence-corrected chi connectivity index (χ2v) is 12.5. The minimum absolute atomic E-state index is 0.0972. The number of rotatable bonds is 8. The van der Waals surface area contributed by atoms with E-state index in [9.17, 15) is 19.5 Å². The zero-order valence-electron chi connectivity index (χ0n) is 25.8. The number of ether oxygens (including phenoxy) is 2. The lowest BCUT2D eigenvalue weighted by molar-refractivity contribution is -0.152. The van der Waals surface area contributed by atoms with E-state index >= 15 is 0 Å². The molecule has 2 fully saturated rings. The molecule has 4 aliphatic rings. The molecule has 0 aromatic heterocycles. The minimum atomic E-state index is -1.40. The van der Waals surface area contributed by atoms with Gasteiger partial charge in [0.1, 0.15) is 17.4 Å². The summed E-state index contributed by atoms with van der Waals surface area (Å²) in [7, 11) is 1.58. The van der Waals surface area contributed by atoms with Gasteiger partial charge in [-0.15, -0.1) is 0 Å². The first kappa shape index (κ1) is 30.1. The van der Waals surface area contributed by atoms with Crippen LogP contribution in [0.2, 0.25) is 0 Å². The Hall–Kier alpha value is -3.95. The van der Waals surface area contributed by atoms with Crippen LogP contribution in [0.3, 0.4) is 0 Å². The molecule has 0 bridgehead atoms. The van der Waals surface area contributed by atoms with E-state index in [2.05, 4.69) is 0 Å². The van der Waals surface area contributed by atoms with Gasteiger partial charge in [-0.25, -0.2) is 0 Å². The van der Waals surface area contributed by atoms with E-state index in [0.717, 1.165) is 5.56 Å². The van der Waals surface area contributed by atoms with Gasteiger partial charge < -0.3 is 29.3 Å². The molecule has 0 radical (unpaired) electrons. The van der Waals surface area contributed by atoms with Crippen molar-refractivity contribution in [2.45, 2.75) is 57.0 Å². The normalized spacial score (nSPS) is 30.9. The van der Waals surface area contributed by atoms with Gasteiger partial charge in [-0.3, -0.25) is 14.4 Å². The van der Waals surface area contributed by atoms with E-state index in [4.69, 9.17) is 9.47 Å². The number of hydrogen-bond donors (Lipinski definition) is 1. The molecule has 4 heterocycles. The third kappa shape index (κ3) is 4.64. The molecule has 7 atom stereocenters. The highest BCUT2D eigenvalue weighted by molar-refractivity contribution is 6.06. The number of aliphatic hydroxyl groups is 1. The molecule has 2 aromatic carbocycles. The summed E-state index contributed by atoms with van der Waals surface area (Å²) < 4.78 is 12.3. The lowest BCUT2D eigenvalue weighted by Crippen LogP contribution is -2.60. The highest BCUT2D eigenvalue weighted by Gasteiger charge is 2.75. The summed E-state index contributed by atoms with van der Waals surface area (Å²) in [6.07, 6.45) is 8.23. The van der Waals surface area contributed by atoms with Crippen LogP contribution < -0.4 is 9.64 Å². The Kier molecular flexibility index (Phi) is 7.88. The van der Waals surface area contributed by atoms with Crippen molar-refractivity contribution in [3.8, 4) is 5.75 Å². The van der Waals surface area contributed by atoms with Gasteiger partial charge in [-0.2, -0.15) is 0 Å². The van der Waals surface area contributed by atoms with E-state index in [-0.39, 0.29) is 36.8 Å². The van der Waals surface area contributed by atoms with Crippen molar-refractivity contribution in [3.63, 3.8) is 0 Å². The number of fused-ring (bicyclic) bond motifs is 2. The first-order valence-electron chi connectivity index (χ1n) is 15.5. The van der Waals surface area contributed by atoms with Crippen LogP contribution in [0.1, 0.15) is 32.8 Å². The van der Waals surface area contributed by atoms with Crippen LogP contribution >= 0.6 is 0 Å². The van der Waals surface area contributed by atoms with Gasteiger partial charge in [-0.1, -0.05) is 74.9 Å². The second kappa shape index (κ2) is 11.5. The van der Waals surface area contributed by atoms with Gasteiger partial charge in [0.15, 0.2) is 0 Å². The average molecular weight is 600 g/mol. The number of nitrogens with zero attached hydrogens (tertiary/aromatic N) is 3.